The Labute approximate surface area is 124 Å². The molecule has 0 atom stereocenters. The van der Waals surface area contributed by atoms with Gasteiger partial charge in [0.05, 0.1) is 0 Å². The molecule has 10 heteroatoms. The molecule has 0 fully saturated rings. The molecule has 0 amide bonds. The van der Waals surface area contributed by atoms with E-state index in [1.165, 1.54) is 0 Å². The molecule has 0 unspecified atom stereocenters. The zero-order valence-corrected chi connectivity index (χ0v) is 12.1. The number of rotatable bonds is 2. The lowest BCUT2D eigenvalue weighted by molar-refractivity contribution is 0.408. The molecular weight excluding hydrogens is 352 g/mol. The highest BCUT2D eigenvalue weighted by Gasteiger charge is 2.40. The van der Waals surface area contributed by atoms with Crippen molar-refractivity contribution >= 4 is 18.7 Å². The van der Waals surface area contributed by atoms with Gasteiger partial charge in [0, 0.05) is 10.4 Å². The summed E-state index contributed by atoms with van der Waals surface area (Å²) in [4.78, 5) is 10.2. The van der Waals surface area contributed by atoms with E-state index in [9.17, 15) is 39.9 Å². The SMILES string of the molecule is C[Si](O)(c1cc(F)c(F)c(F)c1F)c1cc(F)c(F)c(F)c1F. The molecule has 0 saturated heterocycles. The van der Waals surface area contributed by atoms with Crippen molar-refractivity contribution in [2.75, 3.05) is 0 Å². The van der Waals surface area contributed by atoms with Crippen molar-refractivity contribution in [2.45, 2.75) is 6.55 Å². The number of benzene rings is 2. The van der Waals surface area contributed by atoms with Crippen LogP contribution in [0.3, 0.4) is 0 Å². The summed E-state index contributed by atoms with van der Waals surface area (Å²) in [5.74, 6) is -16.8. The summed E-state index contributed by atoms with van der Waals surface area (Å²) in [6.07, 6.45) is 0. The number of hydrogen-bond donors (Lipinski definition) is 1. The van der Waals surface area contributed by atoms with Gasteiger partial charge >= 0.3 is 0 Å². The largest absolute Gasteiger partial charge is 0.424 e. The van der Waals surface area contributed by atoms with E-state index in [2.05, 4.69) is 0 Å². The van der Waals surface area contributed by atoms with E-state index in [0.29, 0.717) is 6.55 Å². The Hall–Kier alpha value is -1.94. The van der Waals surface area contributed by atoms with Gasteiger partial charge in [-0.25, -0.2) is 35.1 Å². The molecule has 1 nitrogen and oxygen atoms in total. The molecule has 2 rings (SSSR count). The first-order chi connectivity index (χ1) is 10.5. The molecule has 2 aromatic rings. The molecule has 0 saturated carbocycles. The van der Waals surface area contributed by atoms with Gasteiger partial charge in [0.15, 0.2) is 46.5 Å². The third-order valence-electron chi connectivity index (χ3n) is 3.25. The minimum absolute atomic E-state index is 0.0541. The Balaban J connectivity index is 2.79. The zero-order chi connectivity index (χ0) is 17.7. The zero-order valence-electron chi connectivity index (χ0n) is 11.1. The summed E-state index contributed by atoms with van der Waals surface area (Å²) in [5.41, 5.74) is 0. The smallest absolute Gasteiger partial charge is 0.255 e. The van der Waals surface area contributed by atoms with Crippen LogP contribution in [-0.4, -0.2) is 13.1 Å². The van der Waals surface area contributed by atoms with Gasteiger partial charge < -0.3 is 4.80 Å². The maximum absolute atomic E-state index is 13.7. The lowest BCUT2D eigenvalue weighted by atomic mass is 10.3. The van der Waals surface area contributed by atoms with Crippen LogP contribution in [0.4, 0.5) is 35.1 Å². The highest BCUT2D eigenvalue weighted by atomic mass is 28.4. The van der Waals surface area contributed by atoms with Crippen molar-refractivity contribution in [3.63, 3.8) is 0 Å². The maximum atomic E-state index is 13.7. The Bertz CT molecular complexity index is 740. The fraction of sp³-hybridized carbons (Fsp3) is 0.0769. The second kappa shape index (κ2) is 5.60. The first kappa shape index (κ1) is 17.4. The first-order valence-electron chi connectivity index (χ1n) is 5.89. The van der Waals surface area contributed by atoms with E-state index < -0.39 is 65.2 Å². The van der Waals surface area contributed by atoms with Gasteiger partial charge in [0.2, 0.25) is 0 Å². The highest BCUT2D eigenvalue weighted by molar-refractivity contribution is 6.95. The quantitative estimate of drug-likeness (QED) is 0.379. The standard InChI is InChI=1S/C13H6F8OSi/c1-23(22,6-2-4(14)8(16)12(20)10(6)18)7-3-5(15)9(17)13(21)11(7)19/h2-3,22H,1H3. The summed E-state index contributed by atoms with van der Waals surface area (Å²) < 4.78 is 106. The van der Waals surface area contributed by atoms with Crippen LogP contribution in [0.1, 0.15) is 0 Å². The lowest BCUT2D eigenvalue weighted by Crippen LogP contribution is -2.59. The van der Waals surface area contributed by atoms with Gasteiger partial charge in [-0.05, 0) is 18.7 Å². The minimum Gasteiger partial charge on any atom is -0.424 e. The fourth-order valence-electron chi connectivity index (χ4n) is 2.00. The minimum atomic E-state index is -4.76. The fourth-order valence-corrected chi connectivity index (χ4v) is 4.18. The summed E-state index contributed by atoms with van der Waals surface area (Å²) in [7, 11) is -4.76. The second-order valence-electron chi connectivity index (χ2n) is 4.77. The van der Waals surface area contributed by atoms with E-state index in [1.807, 2.05) is 0 Å². The van der Waals surface area contributed by atoms with Gasteiger partial charge in [-0.3, -0.25) is 0 Å². The van der Waals surface area contributed by atoms with Crippen LogP contribution in [0.25, 0.3) is 0 Å². The predicted octanol–water partition coefficient (Wildman–Crippen LogP) is 2.48. The molecule has 2 aromatic carbocycles. The average molecular weight is 358 g/mol. The summed E-state index contributed by atoms with van der Waals surface area (Å²) in [5, 5.41) is -2.39. The molecule has 124 valence electrons. The van der Waals surface area contributed by atoms with Crippen LogP contribution < -0.4 is 10.4 Å². The Morgan fingerprint density at radius 2 is 0.913 bits per heavy atom. The van der Waals surface area contributed by atoms with Crippen LogP contribution >= 0.6 is 0 Å². The van der Waals surface area contributed by atoms with E-state index in [0.717, 1.165) is 0 Å². The van der Waals surface area contributed by atoms with Crippen LogP contribution in [0, 0.1) is 46.5 Å². The second-order valence-corrected chi connectivity index (χ2v) is 7.99. The van der Waals surface area contributed by atoms with Gasteiger partial charge in [0.1, 0.15) is 0 Å². The maximum Gasteiger partial charge on any atom is 0.255 e. The molecule has 0 bridgehead atoms. The monoisotopic (exact) mass is 358 g/mol. The van der Waals surface area contributed by atoms with Crippen LogP contribution in [0.2, 0.25) is 6.55 Å². The Kier molecular flexibility index (Phi) is 4.24. The van der Waals surface area contributed by atoms with E-state index >= 15 is 0 Å². The van der Waals surface area contributed by atoms with Crippen molar-refractivity contribution in [2.24, 2.45) is 0 Å². The number of halogens is 8. The molecule has 0 heterocycles. The topological polar surface area (TPSA) is 20.2 Å². The van der Waals surface area contributed by atoms with Gasteiger partial charge in [-0.1, -0.05) is 0 Å². The van der Waals surface area contributed by atoms with Crippen molar-refractivity contribution in [3.05, 3.63) is 58.7 Å². The summed E-state index contributed by atoms with van der Waals surface area (Å²) in [6, 6.07) is 0.108. The Morgan fingerprint density at radius 1 is 0.609 bits per heavy atom. The molecule has 23 heavy (non-hydrogen) atoms. The van der Waals surface area contributed by atoms with Crippen LogP contribution in [-0.2, 0) is 0 Å². The van der Waals surface area contributed by atoms with E-state index in [-0.39, 0.29) is 12.1 Å². The van der Waals surface area contributed by atoms with Gasteiger partial charge in [-0.2, -0.15) is 0 Å². The van der Waals surface area contributed by atoms with Crippen molar-refractivity contribution in [1.29, 1.82) is 0 Å². The van der Waals surface area contributed by atoms with Crippen molar-refractivity contribution in [3.8, 4) is 0 Å². The first-order valence-corrected chi connectivity index (χ1v) is 8.34. The van der Waals surface area contributed by atoms with Crippen molar-refractivity contribution < 1.29 is 39.9 Å². The summed E-state index contributed by atoms with van der Waals surface area (Å²) >= 11 is 0. The average Bonchev–Trinajstić information content (AvgIpc) is 2.49. The Morgan fingerprint density at radius 3 is 1.22 bits per heavy atom. The molecular formula is C13H6F8OSi. The van der Waals surface area contributed by atoms with Crippen LogP contribution in [0.5, 0.6) is 0 Å². The molecule has 0 aromatic heterocycles. The molecule has 0 spiro atoms. The lowest BCUT2D eigenvalue weighted by Gasteiger charge is -2.23. The van der Waals surface area contributed by atoms with Crippen LogP contribution in [0.15, 0.2) is 12.1 Å². The number of hydrogen-bond acceptors (Lipinski definition) is 1. The van der Waals surface area contributed by atoms with E-state index in [1.54, 1.807) is 0 Å². The normalized spacial score (nSPS) is 11.9. The molecule has 0 radical (unpaired) electrons. The molecule has 0 aliphatic carbocycles. The molecule has 0 aliphatic heterocycles. The van der Waals surface area contributed by atoms with E-state index in [4.69, 9.17) is 0 Å². The molecule has 1 N–H and O–H groups in total. The predicted molar refractivity (Wildman–Crippen MR) is 65.7 cm³/mol. The third-order valence-corrected chi connectivity index (χ3v) is 6.08. The van der Waals surface area contributed by atoms with Gasteiger partial charge in [0.25, 0.3) is 8.32 Å². The summed E-state index contributed by atoms with van der Waals surface area (Å²) in [6.45, 7) is 0.678. The third kappa shape index (κ3) is 2.61. The molecule has 0 aliphatic rings. The van der Waals surface area contributed by atoms with Crippen molar-refractivity contribution in [1.82, 2.24) is 0 Å². The van der Waals surface area contributed by atoms with Gasteiger partial charge in [-0.15, -0.1) is 0 Å². The highest BCUT2D eigenvalue weighted by Crippen LogP contribution is 2.19.